The lowest BCUT2D eigenvalue weighted by Crippen LogP contribution is -2.41. The molecule has 5 N–H and O–H groups in total. The van der Waals surface area contributed by atoms with Crippen molar-refractivity contribution >= 4 is 5.91 Å². The number of carbonyl (C=O) groups excluding carboxylic acids is 1. The highest BCUT2D eigenvalue weighted by molar-refractivity contribution is 5.81. The van der Waals surface area contributed by atoms with E-state index in [1.54, 1.807) is 6.92 Å². The number of unbranched alkanes of at least 4 members (excludes halogenated alkanes) is 1. The second-order valence-corrected chi connectivity index (χ2v) is 7.99. The topological polar surface area (TPSA) is 87.4 Å². The Morgan fingerprint density at radius 1 is 1.09 bits per heavy atom. The van der Waals surface area contributed by atoms with Crippen LogP contribution in [0.1, 0.15) is 78.2 Å². The van der Waals surface area contributed by atoms with Crippen molar-refractivity contribution in [3.05, 3.63) is 58.7 Å². The molecule has 1 unspecified atom stereocenters. The third kappa shape index (κ3) is 18.9. The summed E-state index contributed by atoms with van der Waals surface area (Å²) < 4.78 is 24.4. The SMILES string of the molecule is CC.CCCCC(N)C(=O)NCCCNCC1=CC(CC)=CCC1.CO.Cc1cc(F)cc(F)c1. The summed E-state index contributed by atoms with van der Waals surface area (Å²) in [5.74, 6) is -1.05. The molecule has 0 fully saturated rings. The van der Waals surface area contributed by atoms with Crippen molar-refractivity contribution in [2.75, 3.05) is 26.7 Å². The van der Waals surface area contributed by atoms with Crippen molar-refractivity contribution in [3.8, 4) is 0 Å². The molecule has 0 radical (unpaired) electrons. The Morgan fingerprint density at radius 2 is 1.71 bits per heavy atom. The number of halogens is 2. The van der Waals surface area contributed by atoms with Crippen LogP contribution in [-0.4, -0.2) is 43.8 Å². The van der Waals surface area contributed by atoms with E-state index in [2.05, 4.69) is 36.6 Å². The van der Waals surface area contributed by atoms with Gasteiger partial charge >= 0.3 is 0 Å². The molecule has 1 aliphatic rings. The monoisotopic (exact) mass is 497 g/mol. The van der Waals surface area contributed by atoms with Gasteiger partial charge in [-0.25, -0.2) is 8.78 Å². The van der Waals surface area contributed by atoms with E-state index in [9.17, 15) is 13.6 Å². The first kappa shape index (κ1) is 35.1. The molecule has 0 saturated heterocycles. The summed E-state index contributed by atoms with van der Waals surface area (Å²) in [6.45, 7) is 12.5. The van der Waals surface area contributed by atoms with Crippen LogP contribution < -0.4 is 16.4 Å². The lowest BCUT2D eigenvalue weighted by atomic mass is 9.98. The lowest BCUT2D eigenvalue weighted by Gasteiger charge is -2.14. The third-order valence-corrected chi connectivity index (χ3v) is 5.06. The molecule has 1 atom stereocenters. The Bertz CT molecular complexity index is 686. The number of allylic oxidation sites excluding steroid dienone is 3. The molecular formula is C28H49F2N3O2. The van der Waals surface area contributed by atoms with Crippen molar-refractivity contribution in [1.82, 2.24) is 10.6 Å². The quantitative estimate of drug-likeness (QED) is 0.301. The van der Waals surface area contributed by atoms with Crippen LogP contribution in [0.15, 0.2) is 41.5 Å². The highest BCUT2D eigenvalue weighted by Crippen LogP contribution is 2.18. The number of aliphatic hydroxyl groups is 1. The zero-order valence-corrected chi connectivity index (χ0v) is 22.7. The summed E-state index contributed by atoms with van der Waals surface area (Å²) in [6, 6.07) is 3.07. The maximum atomic E-state index is 12.2. The normalized spacial score (nSPS) is 12.9. The zero-order chi connectivity index (χ0) is 27.1. The number of hydrogen-bond acceptors (Lipinski definition) is 4. The van der Waals surface area contributed by atoms with Crippen molar-refractivity contribution in [1.29, 1.82) is 0 Å². The Kier molecular flexibility index (Phi) is 23.7. The Balaban J connectivity index is 0. The van der Waals surface area contributed by atoms with Crippen LogP contribution in [0.4, 0.5) is 8.78 Å². The van der Waals surface area contributed by atoms with E-state index in [1.165, 1.54) is 36.1 Å². The van der Waals surface area contributed by atoms with Gasteiger partial charge < -0.3 is 21.5 Å². The number of benzene rings is 1. The summed E-state index contributed by atoms with van der Waals surface area (Å²) >= 11 is 0. The molecule has 1 aromatic rings. The van der Waals surface area contributed by atoms with Crippen LogP contribution in [0.2, 0.25) is 0 Å². The average Bonchev–Trinajstić information content (AvgIpc) is 2.86. The minimum absolute atomic E-state index is 0.0128. The summed E-state index contributed by atoms with van der Waals surface area (Å²) in [5.41, 5.74) is 9.38. The standard InChI is InChI=1S/C18H33N3O.C7H6F2.C2H6.CH4O/c1-3-5-10-17(19)18(22)21-12-7-11-20-14-16-9-6-8-15(4-2)13-16;1-5-2-6(8)4-7(9)3-5;2*1-2/h8,13,17,20H,3-7,9-12,14,19H2,1-2H3,(H,21,22);2-4H,1H3;1-2H3;2H,1H3. The first-order chi connectivity index (χ1) is 16.8. The fraction of sp³-hybridized carbons (Fsp3) is 0.607. The molecule has 7 heteroatoms. The third-order valence-electron chi connectivity index (χ3n) is 5.06. The van der Waals surface area contributed by atoms with Crippen LogP contribution in [0.3, 0.4) is 0 Å². The first-order valence-corrected chi connectivity index (χ1v) is 12.9. The molecule has 1 aliphatic carbocycles. The van der Waals surface area contributed by atoms with Gasteiger partial charge in [0.15, 0.2) is 0 Å². The summed E-state index contributed by atoms with van der Waals surface area (Å²) in [5, 5.41) is 13.4. The minimum Gasteiger partial charge on any atom is -0.400 e. The van der Waals surface area contributed by atoms with Crippen LogP contribution >= 0.6 is 0 Å². The van der Waals surface area contributed by atoms with Crippen LogP contribution in [-0.2, 0) is 4.79 Å². The average molecular weight is 498 g/mol. The largest absolute Gasteiger partial charge is 0.400 e. The van der Waals surface area contributed by atoms with Gasteiger partial charge in [-0.1, -0.05) is 63.8 Å². The van der Waals surface area contributed by atoms with Gasteiger partial charge in [0.1, 0.15) is 11.6 Å². The number of nitrogens with two attached hydrogens (primary N) is 1. The molecule has 35 heavy (non-hydrogen) atoms. The van der Waals surface area contributed by atoms with Gasteiger partial charge in [-0.05, 0) is 63.3 Å². The number of amides is 1. The van der Waals surface area contributed by atoms with E-state index in [0.29, 0.717) is 12.1 Å². The summed E-state index contributed by atoms with van der Waals surface area (Å²) in [7, 11) is 1.00. The molecule has 0 saturated carbocycles. The maximum absolute atomic E-state index is 12.2. The van der Waals surface area contributed by atoms with Crippen molar-refractivity contribution in [2.45, 2.75) is 85.6 Å². The fourth-order valence-corrected chi connectivity index (χ4v) is 3.27. The van der Waals surface area contributed by atoms with Gasteiger partial charge in [0.2, 0.25) is 5.91 Å². The number of rotatable bonds is 11. The molecule has 1 amide bonds. The van der Waals surface area contributed by atoms with E-state index >= 15 is 0 Å². The maximum Gasteiger partial charge on any atom is 0.236 e. The van der Waals surface area contributed by atoms with Crippen molar-refractivity contribution in [3.63, 3.8) is 0 Å². The summed E-state index contributed by atoms with van der Waals surface area (Å²) in [6.07, 6.45) is 11.9. The van der Waals surface area contributed by atoms with Crippen molar-refractivity contribution < 1.29 is 18.7 Å². The number of aliphatic hydroxyl groups excluding tert-OH is 1. The first-order valence-electron chi connectivity index (χ1n) is 12.9. The minimum atomic E-state index is -0.521. The Hall–Kier alpha value is -2.09. The fourth-order valence-electron chi connectivity index (χ4n) is 3.27. The van der Waals surface area contributed by atoms with Crippen molar-refractivity contribution in [2.24, 2.45) is 5.73 Å². The molecule has 0 bridgehead atoms. The molecule has 202 valence electrons. The zero-order valence-electron chi connectivity index (χ0n) is 22.7. The van der Waals surface area contributed by atoms with Crippen LogP contribution in [0.5, 0.6) is 0 Å². The number of aryl methyl sites for hydroxylation is 1. The smallest absolute Gasteiger partial charge is 0.236 e. The van der Waals surface area contributed by atoms with Crippen LogP contribution in [0, 0.1) is 18.6 Å². The van der Waals surface area contributed by atoms with Crippen LogP contribution in [0.25, 0.3) is 0 Å². The van der Waals surface area contributed by atoms with Gasteiger partial charge in [-0.2, -0.15) is 0 Å². The Morgan fingerprint density at radius 3 is 2.26 bits per heavy atom. The lowest BCUT2D eigenvalue weighted by molar-refractivity contribution is -0.122. The van der Waals surface area contributed by atoms with E-state index < -0.39 is 11.6 Å². The van der Waals surface area contributed by atoms with Gasteiger partial charge in [-0.15, -0.1) is 0 Å². The molecular weight excluding hydrogens is 448 g/mol. The predicted molar refractivity (Wildman–Crippen MR) is 144 cm³/mol. The molecule has 0 heterocycles. The van der Waals surface area contributed by atoms with Gasteiger partial charge in [0.05, 0.1) is 6.04 Å². The molecule has 0 aromatic heterocycles. The molecule has 1 aromatic carbocycles. The molecule has 0 spiro atoms. The van der Waals surface area contributed by atoms with Gasteiger partial charge in [-0.3, -0.25) is 4.79 Å². The summed E-state index contributed by atoms with van der Waals surface area (Å²) in [4.78, 5) is 11.7. The van der Waals surface area contributed by atoms with E-state index in [0.717, 1.165) is 58.4 Å². The second kappa shape index (κ2) is 23.6. The number of carbonyl (C=O) groups is 1. The highest BCUT2D eigenvalue weighted by atomic mass is 19.1. The molecule has 0 aliphatic heterocycles. The Labute approximate surface area is 212 Å². The number of nitrogens with one attached hydrogen (secondary N) is 2. The van der Waals surface area contributed by atoms with E-state index in [1.807, 2.05) is 13.8 Å². The number of hydrogen-bond donors (Lipinski definition) is 4. The van der Waals surface area contributed by atoms with E-state index in [4.69, 9.17) is 10.8 Å². The molecule has 5 nitrogen and oxygen atoms in total. The molecule has 2 rings (SSSR count). The van der Waals surface area contributed by atoms with Gasteiger partial charge in [0, 0.05) is 26.3 Å². The highest BCUT2D eigenvalue weighted by Gasteiger charge is 2.11. The van der Waals surface area contributed by atoms with E-state index in [-0.39, 0.29) is 11.9 Å². The van der Waals surface area contributed by atoms with Gasteiger partial charge in [0.25, 0.3) is 0 Å². The second-order valence-electron chi connectivity index (χ2n) is 7.99. The predicted octanol–water partition coefficient (Wildman–Crippen LogP) is 5.56.